The lowest BCUT2D eigenvalue weighted by Gasteiger charge is -2.15. The lowest BCUT2D eigenvalue weighted by molar-refractivity contribution is 0.0938. The number of nitrogens with one attached hydrogen (secondary N) is 1. The van der Waals surface area contributed by atoms with E-state index in [9.17, 15) is 14.7 Å². The fraction of sp³-hybridized carbons (Fsp3) is 0.292. The van der Waals surface area contributed by atoms with Crippen LogP contribution in [0.15, 0.2) is 63.5 Å². The summed E-state index contributed by atoms with van der Waals surface area (Å²) in [6.07, 6.45) is 4.76. The average molecular weight is 478 g/mol. The predicted molar refractivity (Wildman–Crippen MR) is 133 cm³/mol. The molecular formula is C24H27N7O4. The number of aliphatic hydroxyl groups excluding tert-OH is 1. The van der Waals surface area contributed by atoms with Crippen molar-refractivity contribution in [3.8, 4) is 5.75 Å². The van der Waals surface area contributed by atoms with Gasteiger partial charge in [-0.25, -0.2) is 10.2 Å². The number of hydrogen-bond donors (Lipinski definition) is 2. The summed E-state index contributed by atoms with van der Waals surface area (Å²) in [4.78, 5) is 33.8. The second-order valence-electron chi connectivity index (χ2n) is 8.04. The van der Waals surface area contributed by atoms with Crippen LogP contribution in [0, 0.1) is 0 Å². The molecule has 3 aromatic heterocycles. The van der Waals surface area contributed by atoms with E-state index in [2.05, 4.69) is 27.4 Å². The van der Waals surface area contributed by atoms with Gasteiger partial charge in [0.15, 0.2) is 11.2 Å². The number of hydrogen-bond acceptors (Lipinski definition) is 8. The SMILES string of the molecule is CCc1cccc(OC[C@H](O)Cn2c(N/N=C\c3ccncc3)nc3c2c(=O)n(C)c(=O)n3C)c1. The molecule has 0 saturated carbocycles. The standard InChI is InChI=1S/C24H27N7O4/c1-4-16-6-5-7-19(12-16)35-15-18(32)14-31-20-21(29(2)24(34)30(3)22(20)33)27-23(31)28-26-13-17-8-10-25-11-9-17/h5-13,18,32H,4,14-15H2,1-3H3,(H,27,28)/b26-13-/t18-/m1/s1. The van der Waals surface area contributed by atoms with E-state index in [-0.39, 0.29) is 30.3 Å². The molecule has 11 nitrogen and oxygen atoms in total. The summed E-state index contributed by atoms with van der Waals surface area (Å²) in [6, 6.07) is 11.2. The number of ether oxygens (including phenoxy) is 1. The highest BCUT2D eigenvalue weighted by Gasteiger charge is 2.21. The Morgan fingerprint density at radius 3 is 2.69 bits per heavy atom. The normalized spacial score (nSPS) is 12.3. The lowest BCUT2D eigenvalue weighted by Crippen LogP contribution is -2.38. The molecule has 0 bridgehead atoms. The Bertz CT molecular complexity index is 1470. The molecule has 0 unspecified atom stereocenters. The first-order valence-corrected chi connectivity index (χ1v) is 11.1. The van der Waals surface area contributed by atoms with E-state index >= 15 is 0 Å². The van der Waals surface area contributed by atoms with Crippen LogP contribution in [0.3, 0.4) is 0 Å². The number of benzene rings is 1. The Morgan fingerprint density at radius 1 is 1.17 bits per heavy atom. The number of aromatic nitrogens is 5. The molecule has 0 amide bonds. The topological polar surface area (TPSA) is 129 Å². The first-order valence-electron chi connectivity index (χ1n) is 11.1. The number of anilines is 1. The van der Waals surface area contributed by atoms with Crippen LogP contribution in [-0.4, -0.2) is 47.7 Å². The molecule has 11 heteroatoms. The summed E-state index contributed by atoms with van der Waals surface area (Å²) >= 11 is 0. The van der Waals surface area contributed by atoms with Gasteiger partial charge in [0.1, 0.15) is 18.5 Å². The van der Waals surface area contributed by atoms with Gasteiger partial charge in [-0.15, -0.1) is 0 Å². The molecule has 0 saturated heterocycles. The largest absolute Gasteiger partial charge is 0.491 e. The third kappa shape index (κ3) is 5.14. The van der Waals surface area contributed by atoms with E-state index < -0.39 is 17.4 Å². The summed E-state index contributed by atoms with van der Waals surface area (Å²) in [5.74, 6) is 0.855. The lowest BCUT2D eigenvalue weighted by atomic mass is 10.2. The molecule has 1 atom stereocenters. The third-order valence-corrected chi connectivity index (χ3v) is 5.57. The van der Waals surface area contributed by atoms with Gasteiger partial charge >= 0.3 is 5.69 Å². The fourth-order valence-electron chi connectivity index (χ4n) is 3.63. The molecule has 0 aliphatic carbocycles. The van der Waals surface area contributed by atoms with Gasteiger partial charge in [-0.3, -0.25) is 18.9 Å². The molecule has 0 spiro atoms. The zero-order chi connectivity index (χ0) is 24.9. The molecule has 2 N–H and O–H groups in total. The van der Waals surface area contributed by atoms with E-state index in [0.717, 1.165) is 22.1 Å². The number of fused-ring (bicyclic) bond motifs is 1. The Kier molecular flexibility index (Phi) is 7.06. The van der Waals surface area contributed by atoms with Crippen molar-refractivity contribution in [1.29, 1.82) is 0 Å². The summed E-state index contributed by atoms with van der Waals surface area (Å²) < 4.78 is 9.57. The van der Waals surface area contributed by atoms with Crippen LogP contribution in [0.4, 0.5) is 5.95 Å². The monoisotopic (exact) mass is 477 g/mol. The zero-order valence-corrected chi connectivity index (χ0v) is 19.8. The van der Waals surface area contributed by atoms with Crippen LogP contribution in [-0.2, 0) is 27.1 Å². The highest BCUT2D eigenvalue weighted by molar-refractivity contribution is 5.80. The Balaban J connectivity index is 1.64. The quantitative estimate of drug-likeness (QED) is 0.274. The van der Waals surface area contributed by atoms with Crippen LogP contribution in [0.25, 0.3) is 11.2 Å². The zero-order valence-electron chi connectivity index (χ0n) is 19.8. The van der Waals surface area contributed by atoms with E-state index in [1.165, 1.54) is 23.2 Å². The van der Waals surface area contributed by atoms with Crippen molar-refractivity contribution in [3.05, 3.63) is 80.8 Å². The number of rotatable bonds is 9. The first-order chi connectivity index (χ1) is 16.9. The van der Waals surface area contributed by atoms with Crippen LogP contribution >= 0.6 is 0 Å². The van der Waals surface area contributed by atoms with Crippen LogP contribution < -0.4 is 21.4 Å². The average Bonchev–Trinajstić information content (AvgIpc) is 3.23. The van der Waals surface area contributed by atoms with E-state index in [4.69, 9.17) is 4.74 Å². The van der Waals surface area contributed by atoms with Crippen LogP contribution in [0.1, 0.15) is 18.1 Å². The van der Waals surface area contributed by atoms with Crippen molar-refractivity contribution in [2.24, 2.45) is 19.2 Å². The second-order valence-corrected chi connectivity index (χ2v) is 8.04. The maximum atomic E-state index is 13.0. The molecule has 3 heterocycles. The smallest absolute Gasteiger partial charge is 0.332 e. The van der Waals surface area contributed by atoms with E-state index in [0.29, 0.717) is 5.75 Å². The number of aryl methyl sites for hydroxylation is 2. The fourth-order valence-corrected chi connectivity index (χ4v) is 3.63. The van der Waals surface area contributed by atoms with Gasteiger partial charge in [0.05, 0.1) is 12.8 Å². The summed E-state index contributed by atoms with van der Waals surface area (Å²) in [7, 11) is 2.93. The van der Waals surface area contributed by atoms with Crippen molar-refractivity contribution in [2.75, 3.05) is 12.0 Å². The maximum Gasteiger partial charge on any atom is 0.332 e. The Morgan fingerprint density at radius 2 is 1.94 bits per heavy atom. The number of imidazole rings is 1. The molecule has 0 fully saturated rings. The van der Waals surface area contributed by atoms with Crippen molar-refractivity contribution in [3.63, 3.8) is 0 Å². The number of aliphatic hydroxyl groups is 1. The van der Waals surface area contributed by atoms with Gasteiger partial charge in [0.25, 0.3) is 5.56 Å². The van der Waals surface area contributed by atoms with Gasteiger partial charge in [-0.05, 0) is 41.8 Å². The molecular weight excluding hydrogens is 450 g/mol. The Labute approximate surface area is 201 Å². The molecule has 0 aliphatic heterocycles. The predicted octanol–water partition coefficient (Wildman–Crippen LogP) is 1.28. The van der Waals surface area contributed by atoms with Crippen LogP contribution in [0.5, 0.6) is 5.75 Å². The van der Waals surface area contributed by atoms with E-state index in [1.807, 2.05) is 24.3 Å². The molecule has 35 heavy (non-hydrogen) atoms. The number of hydrazone groups is 1. The molecule has 1 aromatic carbocycles. The van der Waals surface area contributed by atoms with Gasteiger partial charge in [0.2, 0.25) is 5.95 Å². The summed E-state index contributed by atoms with van der Waals surface area (Å²) in [6.45, 7) is 2.04. The van der Waals surface area contributed by atoms with Crippen LogP contribution in [0.2, 0.25) is 0 Å². The summed E-state index contributed by atoms with van der Waals surface area (Å²) in [5.41, 5.74) is 4.09. The molecule has 4 rings (SSSR count). The minimum Gasteiger partial charge on any atom is -0.491 e. The van der Waals surface area contributed by atoms with Gasteiger partial charge in [-0.2, -0.15) is 10.1 Å². The maximum absolute atomic E-state index is 13.0. The minimum atomic E-state index is -0.968. The number of pyridine rings is 1. The van der Waals surface area contributed by atoms with Crippen molar-refractivity contribution in [1.82, 2.24) is 23.7 Å². The van der Waals surface area contributed by atoms with E-state index in [1.54, 1.807) is 30.7 Å². The number of nitrogens with zero attached hydrogens (tertiary/aromatic N) is 6. The Hall–Kier alpha value is -4.25. The van der Waals surface area contributed by atoms with Gasteiger partial charge < -0.3 is 14.4 Å². The third-order valence-electron chi connectivity index (χ3n) is 5.57. The molecule has 4 aromatic rings. The molecule has 0 aliphatic rings. The summed E-state index contributed by atoms with van der Waals surface area (Å²) in [5, 5.41) is 15.0. The van der Waals surface area contributed by atoms with Gasteiger partial charge in [0, 0.05) is 26.5 Å². The van der Waals surface area contributed by atoms with Crippen molar-refractivity contribution < 1.29 is 9.84 Å². The second kappa shape index (κ2) is 10.3. The van der Waals surface area contributed by atoms with Crippen molar-refractivity contribution in [2.45, 2.75) is 26.0 Å². The first kappa shape index (κ1) is 23.9. The molecule has 182 valence electrons. The minimum absolute atomic E-state index is 0.00135. The highest BCUT2D eigenvalue weighted by Crippen LogP contribution is 2.18. The van der Waals surface area contributed by atoms with Crippen molar-refractivity contribution >= 4 is 23.3 Å². The highest BCUT2D eigenvalue weighted by atomic mass is 16.5. The van der Waals surface area contributed by atoms with Gasteiger partial charge in [-0.1, -0.05) is 19.1 Å². The molecule has 0 radical (unpaired) electrons.